The van der Waals surface area contributed by atoms with Crippen LogP contribution in [0.15, 0.2) is 18.2 Å². The molecule has 0 bridgehead atoms. The maximum Gasteiger partial charge on any atom is 0.303 e. The normalized spacial score (nSPS) is 9.89. The van der Waals surface area contributed by atoms with E-state index in [2.05, 4.69) is 5.32 Å². The lowest BCUT2D eigenvalue weighted by Gasteiger charge is -2.06. The summed E-state index contributed by atoms with van der Waals surface area (Å²) in [5.41, 5.74) is 5.46. The van der Waals surface area contributed by atoms with Gasteiger partial charge in [0, 0.05) is 30.8 Å². The van der Waals surface area contributed by atoms with Crippen molar-refractivity contribution in [1.82, 2.24) is 5.32 Å². The van der Waals surface area contributed by atoms with E-state index in [4.69, 9.17) is 10.8 Å². The SMILES string of the molecule is Nc1ccc([N+](=O)[O-])cc1C(=O)NCCCC(=O)O. The highest BCUT2D eigenvalue weighted by Crippen LogP contribution is 2.19. The van der Waals surface area contributed by atoms with Crippen LogP contribution in [0.5, 0.6) is 0 Å². The number of anilines is 1. The number of aliphatic carboxylic acids is 1. The van der Waals surface area contributed by atoms with Crippen molar-refractivity contribution in [3.05, 3.63) is 33.9 Å². The first-order valence-corrected chi connectivity index (χ1v) is 5.45. The van der Waals surface area contributed by atoms with Crippen LogP contribution in [0.3, 0.4) is 0 Å². The first-order valence-electron chi connectivity index (χ1n) is 5.45. The zero-order valence-electron chi connectivity index (χ0n) is 9.96. The maximum absolute atomic E-state index is 11.7. The molecule has 0 spiro atoms. The molecule has 19 heavy (non-hydrogen) atoms. The minimum Gasteiger partial charge on any atom is -0.481 e. The number of benzene rings is 1. The number of nitrogens with two attached hydrogens (primary N) is 1. The summed E-state index contributed by atoms with van der Waals surface area (Å²) in [6.45, 7) is 0.160. The van der Waals surface area contributed by atoms with Crippen LogP contribution in [0, 0.1) is 10.1 Å². The molecule has 8 heteroatoms. The number of hydrogen-bond donors (Lipinski definition) is 3. The number of amides is 1. The molecule has 1 aromatic carbocycles. The Labute approximate surface area is 108 Å². The van der Waals surface area contributed by atoms with Crippen molar-refractivity contribution < 1.29 is 19.6 Å². The Morgan fingerprint density at radius 1 is 1.42 bits per heavy atom. The molecule has 0 saturated heterocycles. The Hall–Kier alpha value is -2.64. The van der Waals surface area contributed by atoms with E-state index in [1.807, 2.05) is 0 Å². The van der Waals surface area contributed by atoms with Gasteiger partial charge in [0.15, 0.2) is 0 Å². The number of nitro benzene ring substituents is 1. The van der Waals surface area contributed by atoms with Gasteiger partial charge in [-0.1, -0.05) is 0 Å². The summed E-state index contributed by atoms with van der Waals surface area (Å²) in [7, 11) is 0. The number of nitrogen functional groups attached to an aromatic ring is 1. The molecule has 8 nitrogen and oxygen atoms in total. The molecule has 0 aliphatic heterocycles. The standard InChI is InChI=1S/C11H13N3O5/c12-9-4-3-7(14(18)19)6-8(9)11(17)13-5-1-2-10(15)16/h3-4,6H,1-2,5,12H2,(H,13,17)(H,15,16). The predicted octanol–water partition coefficient (Wildman–Crippen LogP) is 0.772. The van der Waals surface area contributed by atoms with Crippen molar-refractivity contribution in [2.45, 2.75) is 12.8 Å². The van der Waals surface area contributed by atoms with E-state index >= 15 is 0 Å². The van der Waals surface area contributed by atoms with Crippen LogP contribution in [0.25, 0.3) is 0 Å². The number of carboxylic acids is 1. The van der Waals surface area contributed by atoms with Crippen LogP contribution in [0.4, 0.5) is 11.4 Å². The van der Waals surface area contributed by atoms with Crippen LogP contribution in [0.1, 0.15) is 23.2 Å². The molecule has 1 aromatic rings. The van der Waals surface area contributed by atoms with Gasteiger partial charge in [-0.2, -0.15) is 0 Å². The third-order valence-electron chi connectivity index (χ3n) is 2.35. The molecular formula is C11H13N3O5. The van der Waals surface area contributed by atoms with Crippen molar-refractivity contribution in [2.75, 3.05) is 12.3 Å². The lowest BCUT2D eigenvalue weighted by atomic mass is 10.1. The Kier molecular flexibility index (Phi) is 4.81. The van der Waals surface area contributed by atoms with Gasteiger partial charge in [0.2, 0.25) is 0 Å². The lowest BCUT2D eigenvalue weighted by Crippen LogP contribution is -2.25. The number of carboxylic acid groups (broad SMARTS) is 1. The molecule has 0 saturated carbocycles. The number of carbonyl (C=O) groups excluding carboxylic acids is 1. The molecule has 0 aliphatic rings. The molecule has 1 rings (SSSR count). The molecule has 1 amide bonds. The zero-order valence-corrected chi connectivity index (χ0v) is 9.96. The molecule has 0 atom stereocenters. The summed E-state index contributed by atoms with van der Waals surface area (Å²) in [6, 6.07) is 3.57. The summed E-state index contributed by atoms with van der Waals surface area (Å²) < 4.78 is 0. The van der Waals surface area contributed by atoms with Gasteiger partial charge in [-0.25, -0.2) is 0 Å². The third kappa shape index (κ3) is 4.26. The van der Waals surface area contributed by atoms with Crippen LogP contribution in [0.2, 0.25) is 0 Å². The van der Waals surface area contributed by atoms with Gasteiger partial charge in [-0.15, -0.1) is 0 Å². The zero-order chi connectivity index (χ0) is 14.4. The number of nitrogens with one attached hydrogen (secondary N) is 1. The number of non-ortho nitro benzene ring substituents is 1. The van der Waals surface area contributed by atoms with Crippen molar-refractivity contribution >= 4 is 23.3 Å². The first kappa shape index (κ1) is 14.4. The van der Waals surface area contributed by atoms with E-state index in [9.17, 15) is 19.7 Å². The second kappa shape index (κ2) is 6.34. The second-order valence-electron chi connectivity index (χ2n) is 3.78. The summed E-state index contributed by atoms with van der Waals surface area (Å²) in [5.74, 6) is -1.52. The summed E-state index contributed by atoms with van der Waals surface area (Å²) in [5, 5.41) is 21.5. The molecule has 0 heterocycles. The predicted molar refractivity (Wildman–Crippen MR) is 66.7 cm³/mol. The number of rotatable bonds is 6. The highest BCUT2D eigenvalue weighted by molar-refractivity contribution is 5.99. The van der Waals surface area contributed by atoms with Gasteiger partial charge < -0.3 is 16.2 Å². The summed E-state index contributed by atoms with van der Waals surface area (Å²) in [4.78, 5) is 32.0. The lowest BCUT2D eigenvalue weighted by molar-refractivity contribution is -0.384. The summed E-state index contributed by atoms with van der Waals surface area (Å²) >= 11 is 0. The largest absolute Gasteiger partial charge is 0.481 e. The minimum atomic E-state index is -0.955. The van der Waals surface area contributed by atoms with Gasteiger partial charge in [0.05, 0.1) is 10.5 Å². The number of carbonyl (C=O) groups is 2. The molecule has 0 radical (unpaired) electrons. The van der Waals surface area contributed by atoms with Gasteiger partial charge >= 0.3 is 5.97 Å². The fraction of sp³-hybridized carbons (Fsp3) is 0.273. The monoisotopic (exact) mass is 267 g/mol. The van der Waals surface area contributed by atoms with E-state index < -0.39 is 16.8 Å². The Balaban J connectivity index is 2.68. The van der Waals surface area contributed by atoms with Crippen LogP contribution in [-0.4, -0.2) is 28.5 Å². The molecular weight excluding hydrogens is 254 g/mol. The molecule has 4 N–H and O–H groups in total. The topological polar surface area (TPSA) is 136 Å². The van der Waals surface area contributed by atoms with Crippen molar-refractivity contribution in [3.8, 4) is 0 Å². The molecule has 0 unspecified atom stereocenters. The minimum absolute atomic E-state index is 0.00419. The number of hydrogen-bond acceptors (Lipinski definition) is 5. The molecule has 102 valence electrons. The highest BCUT2D eigenvalue weighted by atomic mass is 16.6. The quantitative estimate of drug-likeness (QED) is 0.301. The third-order valence-corrected chi connectivity index (χ3v) is 2.35. The Bertz CT molecular complexity index is 515. The fourth-order valence-electron chi connectivity index (χ4n) is 1.39. The van der Waals surface area contributed by atoms with Crippen LogP contribution >= 0.6 is 0 Å². The van der Waals surface area contributed by atoms with E-state index in [1.165, 1.54) is 12.1 Å². The maximum atomic E-state index is 11.7. The average Bonchev–Trinajstić information content (AvgIpc) is 2.34. The first-order chi connectivity index (χ1) is 8.91. The highest BCUT2D eigenvalue weighted by Gasteiger charge is 2.14. The van der Waals surface area contributed by atoms with E-state index in [0.717, 1.165) is 6.07 Å². The van der Waals surface area contributed by atoms with Gasteiger partial charge in [0.1, 0.15) is 0 Å². The van der Waals surface area contributed by atoms with Crippen molar-refractivity contribution in [1.29, 1.82) is 0 Å². The number of nitrogens with zero attached hydrogens (tertiary/aromatic N) is 1. The Morgan fingerprint density at radius 3 is 2.68 bits per heavy atom. The van der Waals surface area contributed by atoms with E-state index in [1.54, 1.807) is 0 Å². The Morgan fingerprint density at radius 2 is 2.11 bits per heavy atom. The molecule has 0 aliphatic carbocycles. The van der Waals surface area contributed by atoms with Crippen LogP contribution < -0.4 is 11.1 Å². The van der Waals surface area contributed by atoms with Gasteiger partial charge in [0.25, 0.3) is 11.6 Å². The van der Waals surface area contributed by atoms with E-state index in [0.29, 0.717) is 0 Å². The fourth-order valence-corrected chi connectivity index (χ4v) is 1.39. The van der Waals surface area contributed by atoms with Gasteiger partial charge in [-0.05, 0) is 12.5 Å². The average molecular weight is 267 g/mol. The van der Waals surface area contributed by atoms with Crippen molar-refractivity contribution in [3.63, 3.8) is 0 Å². The number of nitro groups is 1. The van der Waals surface area contributed by atoms with Crippen molar-refractivity contribution in [2.24, 2.45) is 0 Å². The van der Waals surface area contributed by atoms with Crippen LogP contribution in [-0.2, 0) is 4.79 Å². The smallest absolute Gasteiger partial charge is 0.303 e. The molecule has 0 fully saturated rings. The molecule has 0 aromatic heterocycles. The summed E-state index contributed by atoms with van der Waals surface area (Å²) in [6.07, 6.45) is 0.209. The second-order valence-corrected chi connectivity index (χ2v) is 3.78. The van der Waals surface area contributed by atoms with E-state index in [-0.39, 0.29) is 36.3 Å². The van der Waals surface area contributed by atoms with Gasteiger partial charge in [-0.3, -0.25) is 19.7 Å².